The zero-order valence-corrected chi connectivity index (χ0v) is 14.8. The zero-order valence-electron chi connectivity index (χ0n) is 11.6. The van der Waals surface area contributed by atoms with Crippen LogP contribution in [0.5, 0.6) is 5.75 Å². The molecule has 1 nitrogen and oxygen atoms in total. The maximum atomic E-state index is 5.96. The van der Waals surface area contributed by atoms with Gasteiger partial charge in [-0.3, -0.25) is 0 Å². The van der Waals surface area contributed by atoms with Crippen LogP contribution >= 0.6 is 31.9 Å². The van der Waals surface area contributed by atoms with Crippen LogP contribution in [0, 0.1) is 12.3 Å². The molecule has 0 heterocycles. The number of benzene rings is 1. The smallest absolute Gasteiger partial charge is 0.126 e. The molecule has 0 N–H and O–H groups in total. The van der Waals surface area contributed by atoms with E-state index in [0.29, 0.717) is 5.41 Å². The average molecular weight is 378 g/mol. The summed E-state index contributed by atoms with van der Waals surface area (Å²) in [6.45, 7) is 9.68. The van der Waals surface area contributed by atoms with Gasteiger partial charge in [-0.15, -0.1) is 0 Å². The van der Waals surface area contributed by atoms with Crippen molar-refractivity contribution in [2.75, 3.05) is 6.61 Å². The predicted molar refractivity (Wildman–Crippen MR) is 85.7 cm³/mol. The molecule has 0 aliphatic rings. The van der Waals surface area contributed by atoms with Crippen molar-refractivity contribution in [2.45, 2.75) is 45.9 Å². The highest BCUT2D eigenvalue weighted by molar-refractivity contribution is 9.10. The van der Waals surface area contributed by atoms with E-state index < -0.39 is 0 Å². The topological polar surface area (TPSA) is 9.23 Å². The summed E-state index contributed by atoms with van der Waals surface area (Å²) in [4.78, 5) is 0. The summed E-state index contributed by atoms with van der Waals surface area (Å²) < 4.78 is 7.07. The lowest BCUT2D eigenvalue weighted by Gasteiger charge is -2.19. The molecule has 18 heavy (non-hydrogen) atoms. The van der Waals surface area contributed by atoms with E-state index in [-0.39, 0.29) is 0 Å². The van der Waals surface area contributed by atoms with Crippen LogP contribution in [-0.4, -0.2) is 6.61 Å². The van der Waals surface area contributed by atoms with Crippen molar-refractivity contribution in [3.05, 3.63) is 27.7 Å². The van der Waals surface area contributed by atoms with Crippen molar-refractivity contribution in [3.63, 3.8) is 0 Å². The molecule has 1 rings (SSSR count). The normalized spacial score (nSPS) is 11.7. The van der Waals surface area contributed by atoms with Crippen molar-refractivity contribution in [2.24, 2.45) is 5.41 Å². The first kappa shape index (κ1) is 16.0. The molecule has 1 aromatic carbocycles. The van der Waals surface area contributed by atoms with Crippen LogP contribution in [0.3, 0.4) is 0 Å². The molecule has 0 amide bonds. The monoisotopic (exact) mass is 376 g/mol. The van der Waals surface area contributed by atoms with Gasteiger partial charge in [0.2, 0.25) is 0 Å². The molecule has 0 spiro atoms. The molecular weight excluding hydrogens is 356 g/mol. The van der Waals surface area contributed by atoms with Gasteiger partial charge < -0.3 is 4.74 Å². The van der Waals surface area contributed by atoms with E-state index in [2.05, 4.69) is 71.7 Å². The highest BCUT2D eigenvalue weighted by atomic mass is 79.9. The van der Waals surface area contributed by atoms with E-state index in [1.54, 1.807) is 0 Å². The van der Waals surface area contributed by atoms with Crippen molar-refractivity contribution in [1.29, 1.82) is 0 Å². The van der Waals surface area contributed by atoms with Gasteiger partial charge in [0.25, 0.3) is 0 Å². The maximum absolute atomic E-state index is 5.96. The van der Waals surface area contributed by atoms with Crippen molar-refractivity contribution in [1.82, 2.24) is 0 Å². The Labute approximate surface area is 128 Å². The number of alkyl halides is 1. The molecule has 0 radical (unpaired) electrons. The minimum Gasteiger partial charge on any atom is -0.493 e. The minimum atomic E-state index is 0.385. The Morgan fingerprint density at radius 2 is 1.89 bits per heavy atom. The molecule has 0 aliphatic heterocycles. The third-order valence-corrected chi connectivity index (χ3v) is 3.84. The van der Waals surface area contributed by atoms with E-state index in [0.717, 1.165) is 28.6 Å². The summed E-state index contributed by atoms with van der Waals surface area (Å²) >= 11 is 7.04. The van der Waals surface area contributed by atoms with Gasteiger partial charge in [-0.1, -0.05) is 52.6 Å². The quantitative estimate of drug-likeness (QED) is 0.461. The van der Waals surface area contributed by atoms with Gasteiger partial charge in [0.1, 0.15) is 5.75 Å². The van der Waals surface area contributed by atoms with Gasteiger partial charge in [-0.2, -0.15) is 0 Å². The van der Waals surface area contributed by atoms with Crippen LogP contribution in [0.2, 0.25) is 0 Å². The average Bonchev–Trinajstić information content (AvgIpc) is 2.24. The summed E-state index contributed by atoms with van der Waals surface area (Å²) in [6, 6.07) is 4.21. The van der Waals surface area contributed by atoms with Gasteiger partial charge >= 0.3 is 0 Å². The maximum Gasteiger partial charge on any atom is 0.126 e. The number of halogens is 2. The number of hydrogen-bond donors (Lipinski definition) is 0. The molecule has 3 heteroatoms. The summed E-state index contributed by atoms with van der Waals surface area (Å²) in [7, 11) is 0. The first-order valence-corrected chi connectivity index (χ1v) is 8.23. The first-order valence-electron chi connectivity index (χ1n) is 6.31. The minimum absolute atomic E-state index is 0.385. The highest BCUT2D eigenvalue weighted by Gasteiger charge is 2.11. The molecule has 0 aliphatic carbocycles. The van der Waals surface area contributed by atoms with Crippen LogP contribution < -0.4 is 4.74 Å². The fourth-order valence-electron chi connectivity index (χ4n) is 1.88. The Hall–Kier alpha value is -0.0200. The number of rotatable bonds is 5. The van der Waals surface area contributed by atoms with Gasteiger partial charge in [-0.05, 0) is 42.9 Å². The van der Waals surface area contributed by atoms with Crippen LogP contribution in [0.1, 0.15) is 44.7 Å². The number of ether oxygens (including phenoxy) is 1. The third kappa shape index (κ3) is 5.31. The Kier molecular flexibility index (Phi) is 6.19. The Balaban J connectivity index is 2.62. The second-order valence-electron chi connectivity index (χ2n) is 5.86. The highest BCUT2D eigenvalue weighted by Crippen LogP contribution is 2.30. The van der Waals surface area contributed by atoms with E-state index in [1.165, 1.54) is 17.5 Å². The predicted octanol–water partition coefficient (Wildman–Crippen LogP) is 5.86. The van der Waals surface area contributed by atoms with Crippen molar-refractivity contribution in [3.8, 4) is 5.75 Å². The Morgan fingerprint density at radius 3 is 2.44 bits per heavy atom. The first-order chi connectivity index (χ1) is 8.33. The standard InChI is InChI=1S/C15H22Br2O/c1-11-8-13(17)9-12(10-16)14(11)18-7-5-6-15(2,3)4/h8-9H,5-7,10H2,1-4H3. The van der Waals surface area contributed by atoms with Gasteiger partial charge in [-0.25, -0.2) is 0 Å². The zero-order chi connectivity index (χ0) is 13.8. The van der Waals surface area contributed by atoms with Crippen LogP contribution in [-0.2, 0) is 5.33 Å². The van der Waals surface area contributed by atoms with Crippen molar-refractivity contribution < 1.29 is 4.74 Å². The Bertz CT molecular complexity index is 394. The lowest BCUT2D eigenvalue weighted by atomic mass is 9.91. The second kappa shape index (κ2) is 6.95. The summed E-state index contributed by atoms with van der Waals surface area (Å²) in [6.07, 6.45) is 2.28. The fraction of sp³-hybridized carbons (Fsp3) is 0.600. The summed E-state index contributed by atoms with van der Waals surface area (Å²) in [5, 5.41) is 0.821. The Morgan fingerprint density at radius 1 is 1.22 bits per heavy atom. The molecule has 0 bridgehead atoms. The molecule has 0 aromatic heterocycles. The van der Waals surface area contributed by atoms with Crippen LogP contribution in [0.4, 0.5) is 0 Å². The molecule has 102 valence electrons. The van der Waals surface area contributed by atoms with Gasteiger partial charge in [0, 0.05) is 15.4 Å². The van der Waals surface area contributed by atoms with Crippen LogP contribution in [0.25, 0.3) is 0 Å². The lowest BCUT2D eigenvalue weighted by molar-refractivity contribution is 0.266. The summed E-state index contributed by atoms with van der Waals surface area (Å²) in [5.74, 6) is 1.03. The molecule has 0 atom stereocenters. The van der Waals surface area contributed by atoms with Crippen LogP contribution in [0.15, 0.2) is 16.6 Å². The van der Waals surface area contributed by atoms with Gasteiger partial charge in [0.05, 0.1) is 6.61 Å². The number of hydrogen-bond acceptors (Lipinski definition) is 1. The molecule has 0 saturated carbocycles. The molecule has 0 unspecified atom stereocenters. The molecule has 0 saturated heterocycles. The molecule has 0 fully saturated rings. The van der Waals surface area contributed by atoms with E-state index in [4.69, 9.17) is 4.74 Å². The number of aryl methyl sites for hydroxylation is 1. The second-order valence-corrected chi connectivity index (χ2v) is 7.33. The van der Waals surface area contributed by atoms with E-state index in [9.17, 15) is 0 Å². The van der Waals surface area contributed by atoms with Gasteiger partial charge in [0.15, 0.2) is 0 Å². The lowest BCUT2D eigenvalue weighted by Crippen LogP contribution is -2.08. The summed E-state index contributed by atoms with van der Waals surface area (Å²) in [5.41, 5.74) is 2.78. The third-order valence-electron chi connectivity index (χ3n) is 2.78. The molecule has 1 aromatic rings. The molecular formula is C15H22Br2O. The van der Waals surface area contributed by atoms with Crippen molar-refractivity contribution >= 4 is 31.9 Å². The van der Waals surface area contributed by atoms with E-state index >= 15 is 0 Å². The van der Waals surface area contributed by atoms with E-state index in [1.807, 2.05) is 0 Å². The largest absolute Gasteiger partial charge is 0.493 e. The fourth-order valence-corrected chi connectivity index (χ4v) is 2.92. The SMILES string of the molecule is Cc1cc(Br)cc(CBr)c1OCCCC(C)(C)C.